The number of carbonyl (C=O) groups excluding carboxylic acids is 1. The summed E-state index contributed by atoms with van der Waals surface area (Å²) in [6, 6.07) is 2.20. The number of carbonyl (C=O) groups is 1. The first-order valence-corrected chi connectivity index (χ1v) is 7.88. The zero-order valence-corrected chi connectivity index (χ0v) is 13.5. The number of alkyl carbamates (subject to hydrolysis) is 1. The van der Waals surface area contributed by atoms with E-state index in [1.165, 1.54) is 11.3 Å². The number of hydrogen-bond acceptors (Lipinski definition) is 5. The van der Waals surface area contributed by atoms with E-state index in [2.05, 4.69) is 26.6 Å². The van der Waals surface area contributed by atoms with E-state index in [9.17, 15) is 4.79 Å². The molecule has 0 radical (unpaired) electrons. The number of nitrogens with zero attached hydrogens (tertiary/aromatic N) is 2. The molecule has 1 fully saturated rings. The van der Waals surface area contributed by atoms with Crippen LogP contribution in [-0.2, 0) is 11.2 Å². The lowest BCUT2D eigenvalue weighted by atomic mass is 10.2. The van der Waals surface area contributed by atoms with Gasteiger partial charge in [-0.1, -0.05) is 0 Å². The Morgan fingerprint density at radius 2 is 2.32 bits per heavy atom. The summed E-state index contributed by atoms with van der Waals surface area (Å²) in [5.74, 6) is 1.00. The molecule has 1 aromatic heterocycles. The number of hydrogen-bond donors (Lipinski definition) is 2. The van der Waals surface area contributed by atoms with Crippen molar-refractivity contribution in [3.05, 3.63) is 17.8 Å². The van der Waals surface area contributed by atoms with E-state index in [4.69, 9.17) is 4.74 Å². The molecular formula is C16H24N4O2. The molecule has 0 aliphatic carbocycles. The van der Waals surface area contributed by atoms with Crippen molar-refractivity contribution in [3.63, 3.8) is 0 Å². The summed E-state index contributed by atoms with van der Waals surface area (Å²) in [5.41, 5.74) is 2.07. The summed E-state index contributed by atoms with van der Waals surface area (Å²) in [4.78, 5) is 18.6. The monoisotopic (exact) mass is 304 g/mol. The van der Waals surface area contributed by atoms with Crippen LogP contribution in [0.15, 0.2) is 12.3 Å². The van der Waals surface area contributed by atoms with E-state index in [0.717, 1.165) is 38.3 Å². The van der Waals surface area contributed by atoms with Gasteiger partial charge >= 0.3 is 6.09 Å². The summed E-state index contributed by atoms with van der Waals surface area (Å²) in [5, 5.41) is 6.27. The van der Waals surface area contributed by atoms with Crippen molar-refractivity contribution in [1.82, 2.24) is 10.3 Å². The van der Waals surface area contributed by atoms with Crippen LogP contribution >= 0.6 is 0 Å². The molecule has 2 aliphatic rings. The van der Waals surface area contributed by atoms with Gasteiger partial charge in [-0.15, -0.1) is 0 Å². The highest BCUT2D eigenvalue weighted by atomic mass is 16.6. The fourth-order valence-electron chi connectivity index (χ4n) is 3.05. The lowest BCUT2D eigenvalue weighted by Crippen LogP contribution is -2.40. The molecule has 1 atom stereocenters. The second-order valence-electron chi connectivity index (χ2n) is 6.91. The number of pyridine rings is 1. The molecule has 0 saturated carbocycles. The zero-order chi connectivity index (χ0) is 15.7. The molecule has 3 heterocycles. The van der Waals surface area contributed by atoms with Crippen LogP contribution in [0.1, 0.15) is 32.8 Å². The third-order valence-electron chi connectivity index (χ3n) is 3.95. The van der Waals surface area contributed by atoms with Crippen LogP contribution in [0.25, 0.3) is 0 Å². The third-order valence-corrected chi connectivity index (χ3v) is 3.95. The molecule has 120 valence electrons. The largest absolute Gasteiger partial charge is 0.444 e. The van der Waals surface area contributed by atoms with Crippen LogP contribution in [0.3, 0.4) is 0 Å². The van der Waals surface area contributed by atoms with E-state index < -0.39 is 5.60 Å². The molecule has 2 N–H and O–H groups in total. The van der Waals surface area contributed by atoms with Gasteiger partial charge in [-0.3, -0.25) is 0 Å². The minimum atomic E-state index is -0.458. The van der Waals surface area contributed by atoms with E-state index in [-0.39, 0.29) is 12.1 Å². The highest BCUT2D eigenvalue weighted by molar-refractivity contribution is 5.69. The fraction of sp³-hybridized carbons (Fsp3) is 0.625. The standard InChI is InChI=1S/C16H24N4O2/c1-16(2,3)22-15(21)19-11-6-9-20(10-11)13-5-8-18-14-12(13)4-7-17-14/h5,8,11H,4,6-7,9-10H2,1-3H3,(H,17,18)(H,19,21)/t11-/m1/s1. The molecule has 0 spiro atoms. The Hall–Kier alpha value is -1.98. The van der Waals surface area contributed by atoms with Crippen LogP contribution in [0, 0.1) is 0 Å². The molecule has 0 aromatic carbocycles. The van der Waals surface area contributed by atoms with Crippen molar-refractivity contribution >= 4 is 17.6 Å². The fourth-order valence-corrected chi connectivity index (χ4v) is 3.05. The number of nitrogens with one attached hydrogen (secondary N) is 2. The van der Waals surface area contributed by atoms with Gasteiger partial charge in [0.05, 0.1) is 6.04 Å². The molecule has 6 heteroatoms. The van der Waals surface area contributed by atoms with Gasteiger partial charge in [-0.25, -0.2) is 9.78 Å². The number of fused-ring (bicyclic) bond motifs is 1. The molecule has 0 bridgehead atoms. The van der Waals surface area contributed by atoms with E-state index in [1.54, 1.807) is 0 Å². The number of amides is 1. The molecule has 22 heavy (non-hydrogen) atoms. The Kier molecular flexibility index (Phi) is 3.85. The van der Waals surface area contributed by atoms with Crippen LogP contribution in [0.5, 0.6) is 0 Å². The Balaban J connectivity index is 1.61. The molecule has 3 rings (SSSR count). The Labute approximate surface area is 131 Å². The van der Waals surface area contributed by atoms with E-state index >= 15 is 0 Å². The SMILES string of the molecule is CC(C)(C)OC(=O)N[C@@H]1CCN(c2ccnc3c2CCN3)C1. The van der Waals surface area contributed by atoms with Crippen LogP contribution < -0.4 is 15.5 Å². The molecule has 2 aliphatic heterocycles. The highest BCUT2D eigenvalue weighted by Gasteiger charge is 2.28. The summed E-state index contributed by atoms with van der Waals surface area (Å²) in [7, 11) is 0. The van der Waals surface area contributed by atoms with Gasteiger partial charge in [0, 0.05) is 37.1 Å². The van der Waals surface area contributed by atoms with E-state index in [1.807, 2.05) is 27.0 Å². The Morgan fingerprint density at radius 3 is 3.09 bits per heavy atom. The Morgan fingerprint density at radius 1 is 1.50 bits per heavy atom. The Bertz CT molecular complexity index is 568. The summed E-state index contributed by atoms with van der Waals surface area (Å²) in [6.45, 7) is 8.34. The van der Waals surface area contributed by atoms with E-state index in [0.29, 0.717) is 0 Å². The molecule has 1 saturated heterocycles. The number of ether oxygens (including phenoxy) is 1. The molecule has 0 unspecified atom stereocenters. The quantitative estimate of drug-likeness (QED) is 0.876. The molecule has 6 nitrogen and oxygen atoms in total. The van der Waals surface area contributed by atoms with Gasteiger partial charge in [0.2, 0.25) is 0 Å². The van der Waals surface area contributed by atoms with Crippen molar-refractivity contribution in [2.75, 3.05) is 29.9 Å². The van der Waals surface area contributed by atoms with Crippen LogP contribution in [0.4, 0.5) is 16.3 Å². The first kappa shape index (κ1) is 14.9. The minimum Gasteiger partial charge on any atom is -0.444 e. The average molecular weight is 304 g/mol. The zero-order valence-electron chi connectivity index (χ0n) is 13.5. The summed E-state index contributed by atoms with van der Waals surface area (Å²) < 4.78 is 5.33. The second-order valence-corrected chi connectivity index (χ2v) is 6.91. The van der Waals surface area contributed by atoms with Gasteiger partial charge in [0.15, 0.2) is 0 Å². The maximum Gasteiger partial charge on any atom is 0.407 e. The summed E-state index contributed by atoms with van der Waals surface area (Å²) >= 11 is 0. The number of anilines is 2. The third kappa shape index (κ3) is 3.26. The normalized spacial score (nSPS) is 20.5. The lowest BCUT2D eigenvalue weighted by molar-refractivity contribution is 0.0509. The van der Waals surface area contributed by atoms with Crippen molar-refractivity contribution in [3.8, 4) is 0 Å². The molecule has 1 aromatic rings. The molecular weight excluding hydrogens is 280 g/mol. The highest BCUT2D eigenvalue weighted by Crippen LogP contribution is 2.31. The maximum atomic E-state index is 11.9. The first-order valence-electron chi connectivity index (χ1n) is 7.88. The maximum absolute atomic E-state index is 11.9. The van der Waals surface area contributed by atoms with Crippen LogP contribution in [0.2, 0.25) is 0 Å². The van der Waals surface area contributed by atoms with Gasteiger partial charge < -0.3 is 20.3 Å². The minimum absolute atomic E-state index is 0.132. The van der Waals surface area contributed by atoms with Crippen molar-refractivity contribution in [1.29, 1.82) is 0 Å². The number of aromatic nitrogens is 1. The van der Waals surface area contributed by atoms with Crippen molar-refractivity contribution in [2.45, 2.75) is 45.3 Å². The summed E-state index contributed by atoms with van der Waals surface area (Å²) in [6.07, 6.45) is 3.46. The molecule has 1 amide bonds. The van der Waals surface area contributed by atoms with Crippen LogP contribution in [-0.4, -0.2) is 42.4 Å². The smallest absolute Gasteiger partial charge is 0.407 e. The van der Waals surface area contributed by atoms with Gasteiger partial charge in [-0.2, -0.15) is 0 Å². The number of rotatable bonds is 2. The first-order chi connectivity index (χ1) is 10.4. The van der Waals surface area contributed by atoms with Gasteiger partial charge in [0.25, 0.3) is 0 Å². The predicted molar refractivity (Wildman–Crippen MR) is 86.4 cm³/mol. The van der Waals surface area contributed by atoms with Gasteiger partial charge in [-0.05, 0) is 39.7 Å². The second kappa shape index (κ2) is 5.66. The predicted octanol–water partition coefficient (Wildman–Crippen LogP) is 2.15. The van der Waals surface area contributed by atoms with Gasteiger partial charge in [0.1, 0.15) is 11.4 Å². The average Bonchev–Trinajstić information content (AvgIpc) is 3.04. The van der Waals surface area contributed by atoms with Crippen molar-refractivity contribution < 1.29 is 9.53 Å². The van der Waals surface area contributed by atoms with Crippen molar-refractivity contribution in [2.24, 2.45) is 0 Å². The lowest BCUT2D eigenvalue weighted by Gasteiger charge is -2.23. The topological polar surface area (TPSA) is 66.5 Å².